The summed E-state index contributed by atoms with van der Waals surface area (Å²) in [5.74, 6) is -0.901. The Kier molecular flexibility index (Phi) is 6.32. The molecule has 2 fully saturated rings. The lowest BCUT2D eigenvalue weighted by Crippen LogP contribution is -2.42. The first-order valence-electron chi connectivity index (χ1n) is 11.7. The minimum Gasteiger partial charge on any atom is -0.444 e. The van der Waals surface area contributed by atoms with E-state index in [0.717, 1.165) is 48.0 Å². The summed E-state index contributed by atoms with van der Waals surface area (Å²) in [5.41, 5.74) is 2.17. The summed E-state index contributed by atoms with van der Waals surface area (Å²) in [4.78, 5) is 35.8. The van der Waals surface area contributed by atoms with Gasteiger partial charge in [-0.1, -0.05) is 0 Å². The number of ether oxygens (including phenoxy) is 1. The predicted octanol–water partition coefficient (Wildman–Crippen LogP) is 3.34. The minimum absolute atomic E-state index is 0.133. The number of hydrogen-bond donors (Lipinski definition) is 3. The number of piperidine rings is 1. The second-order valence-electron chi connectivity index (χ2n) is 10.1. The van der Waals surface area contributed by atoms with E-state index < -0.39 is 11.5 Å². The fourth-order valence-electron chi connectivity index (χ4n) is 4.68. The molecule has 1 aromatic carbocycles. The van der Waals surface area contributed by atoms with Crippen LogP contribution in [0.1, 0.15) is 70.9 Å². The quantitative estimate of drug-likeness (QED) is 0.609. The van der Waals surface area contributed by atoms with Crippen LogP contribution in [0.15, 0.2) is 18.2 Å². The number of amides is 3. The molecule has 0 spiro atoms. The molecule has 1 atom stereocenters. The Morgan fingerprint density at radius 3 is 2.48 bits per heavy atom. The molecule has 1 aromatic heterocycles. The molecule has 1 saturated carbocycles. The summed E-state index contributed by atoms with van der Waals surface area (Å²) in [5, 5.41) is 14.5. The van der Waals surface area contributed by atoms with Gasteiger partial charge in [0.25, 0.3) is 0 Å². The van der Waals surface area contributed by atoms with Crippen molar-refractivity contribution in [2.24, 2.45) is 7.05 Å². The van der Waals surface area contributed by atoms with E-state index in [4.69, 9.17) is 4.74 Å². The first kappa shape index (κ1) is 23.1. The first-order valence-corrected chi connectivity index (χ1v) is 11.7. The number of imide groups is 1. The third kappa shape index (κ3) is 5.46. The standard InChI is InChI=1S/C24H33N5O4/c1-24(2,3)33-23(32)26-15-7-5-14(6-8-15)25-16-9-10-17-19(13-16)29(4)28-21(17)18-11-12-20(30)27-22(18)31/h9-10,13-15,18,25H,5-8,11-12H2,1-4H3,(H,26,32)(H,27,30,31). The highest BCUT2D eigenvalue weighted by molar-refractivity contribution is 6.02. The van der Waals surface area contributed by atoms with E-state index in [0.29, 0.717) is 18.9 Å². The van der Waals surface area contributed by atoms with Crippen LogP contribution in [-0.4, -0.2) is 45.4 Å². The Balaban J connectivity index is 1.37. The zero-order valence-electron chi connectivity index (χ0n) is 19.7. The number of hydrogen-bond acceptors (Lipinski definition) is 6. The van der Waals surface area contributed by atoms with Crippen molar-refractivity contribution in [3.8, 4) is 0 Å². The number of alkyl carbamates (subject to hydrolysis) is 1. The fourth-order valence-corrected chi connectivity index (χ4v) is 4.68. The van der Waals surface area contributed by atoms with Crippen LogP contribution in [-0.2, 0) is 21.4 Å². The van der Waals surface area contributed by atoms with E-state index in [1.165, 1.54) is 0 Å². The molecule has 33 heavy (non-hydrogen) atoms. The molecular weight excluding hydrogens is 422 g/mol. The van der Waals surface area contributed by atoms with Gasteiger partial charge in [-0.25, -0.2) is 4.79 Å². The van der Waals surface area contributed by atoms with Gasteiger partial charge < -0.3 is 15.4 Å². The number of rotatable bonds is 4. The maximum Gasteiger partial charge on any atom is 0.407 e. The Morgan fingerprint density at radius 2 is 1.82 bits per heavy atom. The second-order valence-corrected chi connectivity index (χ2v) is 10.1. The molecule has 0 bridgehead atoms. The molecule has 9 nitrogen and oxygen atoms in total. The maximum absolute atomic E-state index is 12.3. The highest BCUT2D eigenvalue weighted by Gasteiger charge is 2.31. The van der Waals surface area contributed by atoms with Crippen LogP contribution in [0.4, 0.5) is 10.5 Å². The number of nitrogens with zero attached hydrogens (tertiary/aromatic N) is 2. The lowest BCUT2D eigenvalue weighted by molar-refractivity contribution is -0.134. The number of anilines is 1. The molecule has 2 aliphatic rings. The number of carbonyl (C=O) groups is 3. The van der Waals surface area contributed by atoms with Crippen LogP contribution in [0.3, 0.4) is 0 Å². The lowest BCUT2D eigenvalue weighted by atomic mass is 9.91. The Bertz CT molecular complexity index is 1060. The smallest absolute Gasteiger partial charge is 0.407 e. The van der Waals surface area contributed by atoms with Gasteiger partial charge >= 0.3 is 6.09 Å². The van der Waals surface area contributed by atoms with Crippen molar-refractivity contribution in [1.29, 1.82) is 0 Å². The number of carbonyl (C=O) groups excluding carboxylic acids is 3. The molecule has 1 unspecified atom stereocenters. The summed E-state index contributed by atoms with van der Waals surface area (Å²) < 4.78 is 7.15. The van der Waals surface area contributed by atoms with Crippen molar-refractivity contribution in [3.05, 3.63) is 23.9 Å². The summed E-state index contributed by atoms with van der Waals surface area (Å²) in [6.45, 7) is 5.58. The number of benzene rings is 1. The molecule has 1 aliphatic heterocycles. The minimum atomic E-state index is -0.495. The highest BCUT2D eigenvalue weighted by Crippen LogP contribution is 2.32. The average molecular weight is 456 g/mol. The molecular formula is C24H33N5O4. The zero-order valence-corrected chi connectivity index (χ0v) is 19.7. The van der Waals surface area contributed by atoms with Crippen molar-refractivity contribution < 1.29 is 19.1 Å². The van der Waals surface area contributed by atoms with Crippen LogP contribution >= 0.6 is 0 Å². The predicted molar refractivity (Wildman–Crippen MR) is 125 cm³/mol. The Morgan fingerprint density at radius 1 is 1.12 bits per heavy atom. The van der Waals surface area contributed by atoms with E-state index >= 15 is 0 Å². The molecule has 3 N–H and O–H groups in total. The number of aromatic nitrogens is 2. The van der Waals surface area contributed by atoms with Crippen molar-refractivity contribution in [2.75, 3.05) is 5.32 Å². The highest BCUT2D eigenvalue weighted by atomic mass is 16.6. The second kappa shape index (κ2) is 9.03. The average Bonchev–Trinajstić information content (AvgIpc) is 3.04. The molecule has 1 saturated heterocycles. The van der Waals surface area contributed by atoms with E-state index in [1.807, 2.05) is 40.0 Å². The third-order valence-corrected chi connectivity index (χ3v) is 6.27. The maximum atomic E-state index is 12.3. The Hall–Kier alpha value is -3.10. The van der Waals surface area contributed by atoms with Gasteiger partial charge in [-0.05, 0) is 71.1 Å². The largest absolute Gasteiger partial charge is 0.444 e. The van der Waals surface area contributed by atoms with Crippen LogP contribution in [0, 0.1) is 0 Å². The SMILES string of the molecule is Cn1nc(C2CCC(=O)NC2=O)c2ccc(NC3CCC(NC(=O)OC(C)(C)C)CC3)cc21. The van der Waals surface area contributed by atoms with Gasteiger partial charge in [0.15, 0.2) is 0 Å². The van der Waals surface area contributed by atoms with E-state index in [9.17, 15) is 14.4 Å². The number of aryl methyl sites for hydroxylation is 1. The molecule has 2 aromatic rings. The fraction of sp³-hybridized carbons (Fsp3) is 0.583. The van der Waals surface area contributed by atoms with Crippen molar-refractivity contribution in [1.82, 2.24) is 20.4 Å². The summed E-state index contributed by atoms with van der Waals surface area (Å²) >= 11 is 0. The molecule has 1 aliphatic carbocycles. The topological polar surface area (TPSA) is 114 Å². The van der Waals surface area contributed by atoms with Gasteiger partial charge in [0.2, 0.25) is 11.8 Å². The van der Waals surface area contributed by atoms with Crippen LogP contribution in [0.2, 0.25) is 0 Å². The van der Waals surface area contributed by atoms with Crippen molar-refractivity contribution in [2.45, 2.75) is 82.9 Å². The summed E-state index contributed by atoms with van der Waals surface area (Å²) in [7, 11) is 1.87. The van der Waals surface area contributed by atoms with Gasteiger partial charge in [-0.15, -0.1) is 0 Å². The summed E-state index contributed by atoms with van der Waals surface area (Å²) in [6, 6.07) is 6.53. The first-order chi connectivity index (χ1) is 15.6. The molecule has 3 amide bonds. The molecule has 9 heteroatoms. The Labute approximate surface area is 193 Å². The van der Waals surface area contributed by atoms with Gasteiger partial charge in [-0.3, -0.25) is 19.6 Å². The van der Waals surface area contributed by atoms with Crippen LogP contribution < -0.4 is 16.0 Å². The molecule has 4 rings (SSSR count). The monoisotopic (exact) mass is 455 g/mol. The van der Waals surface area contributed by atoms with Gasteiger partial charge in [0, 0.05) is 36.6 Å². The van der Waals surface area contributed by atoms with Crippen LogP contribution in [0.25, 0.3) is 10.9 Å². The van der Waals surface area contributed by atoms with Crippen LogP contribution in [0.5, 0.6) is 0 Å². The summed E-state index contributed by atoms with van der Waals surface area (Å²) in [6.07, 6.45) is 4.15. The van der Waals surface area contributed by atoms with Gasteiger partial charge in [0.1, 0.15) is 5.60 Å². The van der Waals surface area contributed by atoms with E-state index in [1.54, 1.807) is 4.68 Å². The van der Waals surface area contributed by atoms with Crippen molar-refractivity contribution in [3.63, 3.8) is 0 Å². The molecule has 0 radical (unpaired) electrons. The molecule has 178 valence electrons. The van der Waals surface area contributed by atoms with Gasteiger partial charge in [-0.2, -0.15) is 5.10 Å². The van der Waals surface area contributed by atoms with Gasteiger partial charge in [0.05, 0.1) is 17.1 Å². The third-order valence-electron chi connectivity index (χ3n) is 6.27. The van der Waals surface area contributed by atoms with E-state index in [2.05, 4.69) is 27.1 Å². The number of fused-ring (bicyclic) bond motifs is 1. The molecule has 2 heterocycles. The van der Waals surface area contributed by atoms with E-state index in [-0.39, 0.29) is 23.9 Å². The van der Waals surface area contributed by atoms with Crippen molar-refractivity contribution >= 4 is 34.5 Å². The normalized spacial score (nSPS) is 23.8. The lowest BCUT2D eigenvalue weighted by Gasteiger charge is -2.31. The zero-order chi connectivity index (χ0) is 23.8. The number of nitrogens with one attached hydrogen (secondary N) is 3.